The second-order valence-electron chi connectivity index (χ2n) is 6.63. The first kappa shape index (κ1) is 18.8. The number of carbonyl (C=O) groups is 2. The van der Waals surface area contributed by atoms with Crippen molar-refractivity contribution in [3.05, 3.63) is 66.4 Å². The summed E-state index contributed by atoms with van der Waals surface area (Å²) in [6.07, 6.45) is 5.11. The first-order valence-electron chi connectivity index (χ1n) is 9.32. The van der Waals surface area contributed by atoms with E-state index in [9.17, 15) is 9.59 Å². The van der Waals surface area contributed by atoms with Gasteiger partial charge in [-0.15, -0.1) is 10.2 Å². The van der Waals surface area contributed by atoms with Gasteiger partial charge in [0.05, 0.1) is 6.10 Å². The monoisotopic (exact) mass is 392 g/mol. The number of anilines is 1. The van der Waals surface area contributed by atoms with Gasteiger partial charge in [0, 0.05) is 24.4 Å². The minimum absolute atomic E-state index is 0.0962. The molecule has 9 heteroatoms. The van der Waals surface area contributed by atoms with Crippen molar-refractivity contribution in [2.75, 3.05) is 18.5 Å². The van der Waals surface area contributed by atoms with Crippen LogP contribution in [0.25, 0.3) is 5.82 Å². The molecule has 9 nitrogen and oxygen atoms in total. The second-order valence-corrected chi connectivity index (χ2v) is 6.63. The van der Waals surface area contributed by atoms with Crippen molar-refractivity contribution in [1.29, 1.82) is 0 Å². The number of benzene rings is 1. The van der Waals surface area contributed by atoms with Crippen molar-refractivity contribution in [1.82, 2.24) is 25.1 Å². The lowest BCUT2D eigenvalue weighted by Crippen LogP contribution is -2.31. The fraction of sp³-hybridized carbons (Fsp3) is 0.250. The van der Waals surface area contributed by atoms with E-state index in [2.05, 4.69) is 25.8 Å². The van der Waals surface area contributed by atoms with Crippen molar-refractivity contribution in [2.24, 2.45) is 0 Å². The molecule has 4 rings (SSSR count). The molecule has 0 radical (unpaired) electrons. The van der Waals surface area contributed by atoms with Crippen LogP contribution in [0, 0.1) is 0 Å². The molecule has 1 atom stereocenters. The lowest BCUT2D eigenvalue weighted by Gasteiger charge is -2.11. The van der Waals surface area contributed by atoms with E-state index in [-0.39, 0.29) is 23.6 Å². The first-order chi connectivity index (χ1) is 14.2. The molecule has 29 heavy (non-hydrogen) atoms. The van der Waals surface area contributed by atoms with E-state index in [0.717, 1.165) is 19.4 Å². The summed E-state index contributed by atoms with van der Waals surface area (Å²) in [5, 5.41) is 13.1. The molecular weight excluding hydrogens is 372 g/mol. The number of hydrogen-bond donors (Lipinski definition) is 2. The van der Waals surface area contributed by atoms with Gasteiger partial charge in [-0.05, 0) is 49.2 Å². The molecule has 1 unspecified atom stereocenters. The Balaban J connectivity index is 1.36. The Kier molecular flexibility index (Phi) is 5.57. The van der Waals surface area contributed by atoms with E-state index in [1.54, 1.807) is 47.0 Å². The molecule has 0 saturated carbocycles. The van der Waals surface area contributed by atoms with Crippen molar-refractivity contribution < 1.29 is 14.3 Å². The number of nitrogens with one attached hydrogen (secondary N) is 2. The van der Waals surface area contributed by atoms with Crippen LogP contribution in [0.5, 0.6) is 0 Å². The summed E-state index contributed by atoms with van der Waals surface area (Å²) in [6, 6.07) is 11.8. The average molecular weight is 392 g/mol. The van der Waals surface area contributed by atoms with Crippen LogP contribution >= 0.6 is 0 Å². The Morgan fingerprint density at radius 2 is 1.86 bits per heavy atom. The number of hydrogen-bond acceptors (Lipinski definition) is 6. The third-order valence-corrected chi connectivity index (χ3v) is 4.57. The lowest BCUT2D eigenvalue weighted by molar-refractivity contribution is 0.0857. The number of carbonyl (C=O) groups excluding carboxylic acids is 2. The fourth-order valence-electron chi connectivity index (χ4n) is 3.03. The summed E-state index contributed by atoms with van der Waals surface area (Å²) in [5.41, 5.74) is 1.35. The fourth-order valence-corrected chi connectivity index (χ4v) is 3.03. The Labute approximate surface area is 167 Å². The number of ether oxygens (including phenoxy) is 1. The summed E-state index contributed by atoms with van der Waals surface area (Å²) >= 11 is 0. The maximum atomic E-state index is 12.5. The molecule has 2 aromatic heterocycles. The molecule has 1 aromatic carbocycles. The number of aromatic nitrogens is 4. The Morgan fingerprint density at radius 3 is 2.59 bits per heavy atom. The third kappa shape index (κ3) is 4.64. The zero-order valence-electron chi connectivity index (χ0n) is 15.6. The van der Waals surface area contributed by atoms with Gasteiger partial charge >= 0.3 is 0 Å². The quantitative estimate of drug-likeness (QED) is 0.662. The highest BCUT2D eigenvalue weighted by atomic mass is 16.5. The predicted molar refractivity (Wildman–Crippen MR) is 105 cm³/mol. The third-order valence-electron chi connectivity index (χ3n) is 4.57. The van der Waals surface area contributed by atoms with Crippen LogP contribution in [0.15, 0.2) is 55.1 Å². The average Bonchev–Trinajstić information content (AvgIpc) is 3.47. The first-order valence-corrected chi connectivity index (χ1v) is 9.32. The lowest BCUT2D eigenvalue weighted by atomic mass is 10.1. The molecule has 1 aliphatic heterocycles. The molecule has 2 N–H and O–H groups in total. The molecule has 2 amide bonds. The van der Waals surface area contributed by atoms with Crippen LogP contribution in [-0.2, 0) is 4.74 Å². The van der Waals surface area contributed by atoms with Crippen LogP contribution in [-0.4, -0.2) is 50.8 Å². The standard InChI is InChI=1S/C20H20N6O3/c27-19(21-11-16-3-2-10-29-16)14-6-8-15(9-7-14)24-20(28)17-4-1-5-18(25-17)26-12-22-23-13-26/h1,4-9,12-13,16H,2-3,10-11H2,(H,21,27)(H,24,28). The van der Waals surface area contributed by atoms with E-state index in [1.807, 2.05) is 0 Å². The normalized spacial score (nSPS) is 15.8. The molecule has 148 valence electrons. The minimum atomic E-state index is -0.351. The molecule has 1 fully saturated rings. The smallest absolute Gasteiger partial charge is 0.274 e. The van der Waals surface area contributed by atoms with Gasteiger partial charge in [-0.25, -0.2) is 4.98 Å². The minimum Gasteiger partial charge on any atom is -0.376 e. The highest BCUT2D eigenvalue weighted by Crippen LogP contribution is 2.13. The highest BCUT2D eigenvalue weighted by molar-refractivity contribution is 6.03. The molecule has 0 bridgehead atoms. The van der Waals surface area contributed by atoms with Gasteiger partial charge in [-0.3, -0.25) is 14.2 Å². The Hall–Kier alpha value is -3.59. The Morgan fingerprint density at radius 1 is 1.07 bits per heavy atom. The molecule has 3 heterocycles. The van der Waals surface area contributed by atoms with Gasteiger partial charge in [-0.2, -0.15) is 0 Å². The molecule has 1 saturated heterocycles. The summed E-state index contributed by atoms with van der Waals surface area (Å²) < 4.78 is 7.11. The van der Waals surface area contributed by atoms with Crippen molar-refractivity contribution in [3.63, 3.8) is 0 Å². The number of amides is 2. The molecule has 1 aliphatic rings. The Bertz CT molecular complexity index is 982. The highest BCUT2D eigenvalue weighted by Gasteiger charge is 2.17. The zero-order chi connectivity index (χ0) is 20.1. The number of nitrogens with zero attached hydrogens (tertiary/aromatic N) is 4. The maximum absolute atomic E-state index is 12.5. The van der Waals surface area contributed by atoms with Gasteiger partial charge in [0.1, 0.15) is 24.2 Å². The van der Waals surface area contributed by atoms with Crippen LogP contribution in [0.2, 0.25) is 0 Å². The molecule has 0 aliphatic carbocycles. The maximum Gasteiger partial charge on any atom is 0.274 e. The molecule has 3 aromatic rings. The van der Waals surface area contributed by atoms with E-state index in [1.165, 1.54) is 12.7 Å². The largest absolute Gasteiger partial charge is 0.376 e. The van der Waals surface area contributed by atoms with E-state index in [4.69, 9.17) is 4.74 Å². The van der Waals surface area contributed by atoms with Crippen LogP contribution in [0.3, 0.4) is 0 Å². The predicted octanol–water partition coefficient (Wildman–Crippen LogP) is 1.82. The topological polar surface area (TPSA) is 111 Å². The SMILES string of the molecule is O=C(NCC1CCCO1)c1ccc(NC(=O)c2cccc(-n3cnnc3)n2)cc1. The van der Waals surface area contributed by atoms with Gasteiger partial charge in [0.15, 0.2) is 0 Å². The van der Waals surface area contributed by atoms with Crippen molar-refractivity contribution in [3.8, 4) is 5.82 Å². The van der Waals surface area contributed by atoms with Crippen LogP contribution < -0.4 is 10.6 Å². The summed E-state index contributed by atoms with van der Waals surface area (Å²) in [7, 11) is 0. The van der Waals surface area contributed by atoms with E-state index in [0.29, 0.717) is 23.6 Å². The summed E-state index contributed by atoms with van der Waals surface area (Å²) in [4.78, 5) is 29.0. The van der Waals surface area contributed by atoms with Crippen molar-refractivity contribution in [2.45, 2.75) is 18.9 Å². The van der Waals surface area contributed by atoms with Gasteiger partial charge in [0.25, 0.3) is 11.8 Å². The van der Waals surface area contributed by atoms with Crippen LogP contribution in [0.1, 0.15) is 33.7 Å². The summed E-state index contributed by atoms with van der Waals surface area (Å²) in [6.45, 7) is 1.26. The van der Waals surface area contributed by atoms with E-state index < -0.39 is 0 Å². The van der Waals surface area contributed by atoms with Gasteiger partial charge in [0.2, 0.25) is 0 Å². The molecular formula is C20H20N6O3. The van der Waals surface area contributed by atoms with E-state index >= 15 is 0 Å². The van der Waals surface area contributed by atoms with Crippen LogP contribution in [0.4, 0.5) is 5.69 Å². The number of pyridine rings is 1. The zero-order valence-corrected chi connectivity index (χ0v) is 15.6. The number of rotatable bonds is 6. The molecule has 0 spiro atoms. The van der Waals surface area contributed by atoms with Gasteiger partial charge in [-0.1, -0.05) is 6.07 Å². The van der Waals surface area contributed by atoms with Crippen molar-refractivity contribution >= 4 is 17.5 Å². The van der Waals surface area contributed by atoms with Gasteiger partial charge < -0.3 is 15.4 Å². The second kappa shape index (κ2) is 8.61. The summed E-state index contributed by atoms with van der Waals surface area (Å²) in [5.74, 6) is 0.0260.